The number of hydrogen-bond donors (Lipinski definition) is 1. The molecule has 1 aliphatic heterocycles. The van der Waals surface area contributed by atoms with Gasteiger partial charge in [-0.15, -0.1) is 10.2 Å². The Morgan fingerprint density at radius 2 is 2.10 bits per heavy atom. The van der Waals surface area contributed by atoms with Crippen molar-refractivity contribution >= 4 is 9.84 Å². The summed E-state index contributed by atoms with van der Waals surface area (Å²) in [5.74, 6) is 1.17. The van der Waals surface area contributed by atoms with Crippen molar-refractivity contribution in [1.29, 1.82) is 0 Å². The van der Waals surface area contributed by atoms with Gasteiger partial charge in [-0.25, -0.2) is 8.42 Å². The minimum Gasteiger partial charge on any atom is -0.311 e. The molecule has 3 heterocycles. The van der Waals surface area contributed by atoms with Crippen molar-refractivity contribution in [1.82, 2.24) is 25.1 Å². The second-order valence-electron chi connectivity index (χ2n) is 4.86. The molecule has 0 amide bonds. The van der Waals surface area contributed by atoms with Crippen molar-refractivity contribution in [2.75, 3.05) is 12.8 Å². The fraction of sp³-hybridized carbons (Fsp3) is 0.417. The van der Waals surface area contributed by atoms with Crippen molar-refractivity contribution in [3.63, 3.8) is 0 Å². The molecule has 1 atom stereocenters. The molecule has 0 bridgehead atoms. The van der Waals surface area contributed by atoms with E-state index >= 15 is 0 Å². The van der Waals surface area contributed by atoms with E-state index in [0.717, 1.165) is 17.9 Å². The van der Waals surface area contributed by atoms with Crippen LogP contribution in [0.25, 0.3) is 0 Å². The smallest absolute Gasteiger partial charge is 0.154 e. The summed E-state index contributed by atoms with van der Waals surface area (Å²) in [7, 11) is -3.12. The molecule has 0 aromatic carbocycles. The number of hydrogen-bond acceptors (Lipinski definition) is 6. The Bertz CT molecular complexity index is 711. The van der Waals surface area contributed by atoms with Crippen LogP contribution in [-0.2, 0) is 22.1 Å². The Kier molecular flexibility index (Phi) is 3.27. The predicted molar refractivity (Wildman–Crippen MR) is 72.7 cm³/mol. The van der Waals surface area contributed by atoms with Gasteiger partial charge in [0.15, 0.2) is 15.7 Å². The zero-order valence-corrected chi connectivity index (χ0v) is 11.8. The first kappa shape index (κ1) is 13.2. The van der Waals surface area contributed by atoms with Crippen LogP contribution in [0, 0.1) is 0 Å². The number of sulfone groups is 1. The monoisotopic (exact) mass is 293 g/mol. The molecule has 7 nitrogen and oxygen atoms in total. The van der Waals surface area contributed by atoms with E-state index in [1.807, 2.05) is 16.7 Å². The standard InChI is InChI=1S/C12H15N5O2S/c1-20(18,19)8-10-15-16-12-11(14-6-7-17(10)12)9-2-4-13-5-3-9/h2-5,11,14H,6-8H2,1H3. The Balaban J connectivity index is 1.99. The highest BCUT2D eigenvalue weighted by atomic mass is 32.2. The van der Waals surface area contributed by atoms with E-state index < -0.39 is 9.84 Å². The van der Waals surface area contributed by atoms with Gasteiger partial charge in [0.1, 0.15) is 11.6 Å². The Labute approximate surface area is 117 Å². The zero-order valence-electron chi connectivity index (χ0n) is 11.0. The topological polar surface area (TPSA) is 89.8 Å². The van der Waals surface area contributed by atoms with Gasteiger partial charge in [0.2, 0.25) is 0 Å². The van der Waals surface area contributed by atoms with Gasteiger partial charge >= 0.3 is 0 Å². The van der Waals surface area contributed by atoms with Crippen LogP contribution in [0.2, 0.25) is 0 Å². The number of aromatic nitrogens is 4. The third-order valence-corrected chi connectivity index (χ3v) is 4.01. The van der Waals surface area contributed by atoms with Gasteiger partial charge < -0.3 is 9.88 Å². The van der Waals surface area contributed by atoms with Crippen molar-refractivity contribution < 1.29 is 8.42 Å². The van der Waals surface area contributed by atoms with Crippen LogP contribution in [0.4, 0.5) is 0 Å². The molecular weight excluding hydrogens is 278 g/mol. The third kappa shape index (κ3) is 2.56. The largest absolute Gasteiger partial charge is 0.311 e. The van der Waals surface area contributed by atoms with Crippen LogP contribution in [0.1, 0.15) is 23.3 Å². The lowest BCUT2D eigenvalue weighted by Gasteiger charge is -2.25. The first-order chi connectivity index (χ1) is 9.54. The average molecular weight is 293 g/mol. The third-order valence-electron chi connectivity index (χ3n) is 3.23. The molecule has 2 aromatic heterocycles. The summed E-state index contributed by atoms with van der Waals surface area (Å²) in [5, 5.41) is 11.6. The maximum atomic E-state index is 11.4. The lowest BCUT2D eigenvalue weighted by Crippen LogP contribution is -2.35. The molecule has 20 heavy (non-hydrogen) atoms. The number of nitrogens with one attached hydrogen (secondary N) is 1. The van der Waals surface area contributed by atoms with E-state index in [-0.39, 0.29) is 11.8 Å². The molecule has 0 saturated carbocycles. The second-order valence-corrected chi connectivity index (χ2v) is 7.00. The minimum absolute atomic E-state index is 0.0763. The summed E-state index contributed by atoms with van der Waals surface area (Å²) >= 11 is 0. The molecule has 0 aliphatic carbocycles. The normalized spacial score (nSPS) is 18.8. The molecular formula is C12H15N5O2S. The summed E-state index contributed by atoms with van der Waals surface area (Å²) in [6.45, 7) is 1.42. The average Bonchev–Trinajstić information content (AvgIpc) is 2.81. The summed E-state index contributed by atoms with van der Waals surface area (Å²) < 4.78 is 24.8. The van der Waals surface area contributed by atoms with Gasteiger partial charge in [-0.1, -0.05) is 0 Å². The van der Waals surface area contributed by atoms with Gasteiger partial charge in [-0.2, -0.15) is 0 Å². The SMILES string of the molecule is CS(=O)(=O)Cc1nnc2n1CCNC2c1ccncc1. The molecule has 3 rings (SSSR count). The van der Waals surface area contributed by atoms with Gasteiger partial charge in [0.25, 0.3) is 0 Å². The van der Waals surface area contributed by atoms with Crippen molar-refractivity contribution in [3.8, 4) is 0 Å². The van der Waals surface area contributed by atoms with Gasteiger partial charge in [0.05, 0.1) is 6.04 Å². The molecule has 1 N–H and O–H groups in total. The minimum atomic E-state index is -3.12. The van der Waals surface area contributed by atoms with Gasteiger partial charge in [-0.05, 0) is 17.7 Å². The number of fused-ring (bicyclic) bond motifs is 1. The van der Waals surface area contributed by atoms with Gasteiger partial charge in [-0.3, -0.25) is 4.98 Å². The zero-order chi connectivity index (χ0) is 14.2. The van der Waals surface area contributed by atoms with Crippen LogP contribution in [-0.4, -0.2) is 41.0 Å². The highest BCUT2D eigenvalue weighted by molar-refractivity contribution is 7.89. The lowest BCUT2D eigenvalue weighted by molar-refractivity contribution is 0.449. The molecule has 1 aliphatic rings. The van der Waals surface area contributed by atoms with Crippen LogP contribution in [0.15, 0.2) is 24.5 Å². The number of rotatable bonds is 3. The highest BCUT2D eigenvalue weighted by Crippen LogP contribution is 2.23. The number of pyridine rings is 1. The molecule has 0 fully saturated rings. The van der Waals surface area contributed by atoms with Crippen LogP contribution >= 0.6 is 0 Å². The Morgan fingerprint density at radius 3 is 2.80 bits per heavy atom. The second kappa shape index (κ2) is 4.95. The van der Waals surface area contributed by atoms with E-state index in [1.165, 1.54) is 6.26 Å². The van der Waals surface area contributed by atoms with Crippen LogP contribution < -0.4 is 5.32 Å². The van der Waals surface area contributed by atoms with Crippen molar-refractivity contribution in [3.05, 3.63) is 41.7 Å². The fourth-order valence-electron chi connectivity index (χ4n) is 2.38. The van der Waals surface area contributed by atoms with E-state index in [9.17, 15) is 8.42 Å². The van der Waals surface area contributed by atoms with Crippen molar-refractivity contribution in [2.24, 2.45) is 0 Å². The highest BCUT2D eigenvalue weighted by Gasteiger charge is 2.27. The molecule has 0 saturated heterocycles. The maximum absolute atomic E-state index is 11.4. The van der Waals surface area contributed by atoms with Crippen molar-refractivity contribution in [2.45, 2.75) is 18.3 Å². The molecule has 8 heteroatoms. The summed E-state index contributed by atoms with van der Waals surface area (Å²) in [6.07, 6.45) is 4.66. The summed E-state index contributed by atoms with van der Waals surface area (Å²) in [4.78, 5) is 4.00. The van der Waals surface area contributed by atoms with Gasteiger partial charge in [0, 0.05) is 31.7 Å². The molecule has 0 spiro atoms. The fourth-order valence-corrected chi connectivity index (χ4v) is 3.06. The maximum Gasteiger partial charge on any atom is 0.154 e. The lowest BCUT2D eigenvalue weighted by atomic mass is 10.1. The molecule has 1 unspecified atom stereocenters. The van der Waals surface area contributed by atoms with Crippen LogP contribution in [0.3, 0.4) is 0 Å². The summed E-state index contributed by atoms with van der Waals surface area (Å²) in [6, 6.07) is 3.75. The van der Waals surface area contributed by atoms with E-state index in [2.05, 4.69) is 20.5 Å². The predicted octanol–water partition coefficient (Wildman–Crippen LogP) is -0.0897. The first-order valence-corrected chi connectivity index (χ1v) is 8.33. The number of nitrogens with zero attached hydrogens (tertiary/aromatic N) is 4. The Morgan fingerprint density at radius 1 is 1.35 bits per heavy atom. The van der Waals surface area contributed by atoms with E-state index in [0.29, 0.717) is 12.4 Å². The summed E-state index contributed by atoms with van der Waals surface area (Å²) in [5.41, 5.74) is 1.04. The quantitative estimate of drug-likeness (QED) is 0.850. The van der Waals surface area contributed by atoms with E-state index in [1.54, 1.807) is 12.4 Å². The van der Waals surface area contributed by atoms with E-state index in [4.69, 9.17) is 0 Å². The van der Waals surface area contributed by atoms with Crippen LogP contribution in [0.5, 0.6) is 0 Å². The molecule has 0 radical (unpaired) electrons. The Hall–Kier alpha value is -1.80. The first-order valence-electron chi connectivity index (χ1n) is 6.27. The molecule has 106 valence electrons. The molecule has 2 aromatic rings.